The highest BCUT2D eigenvalue weighted by Gasteiger charge is 2.34. The summed E-state index contributed by atoms with van der Waals surface area (Å²) in [6.07, 6.45) is 1.76. The SMILES string of the molecule is Cc1cc(C(F)(F)F)nn1CCN1CCC(c2nc(/C=C/c3ccccc3)cs2)CC1. The number of benzene rings is 1. The summed E-state index contributed by atoms with van der Waals surface area (Å²) in [6.45, 7) is 4.69. The Labute approximate surface area is 184 Å². The summed E-state index contributed by atoms with van der Waals surface area (Å²) in [4.78, 5) is 7.10. The summed E-state index contributed by atoms with van der Waals surface area (Å²) >= 11 is 1.71. The van der Waals surface area contributed by atoms with Crippen LogP contribution in [0.25, 0.3) is 12.2 Å². The maximum absolute atomic E-state index is 12.8. The highest BCUT2D eigenvalue weighted by atomic mass is 32.1. The number of aryl methyl sites for hydroxylation is 1. The average molecular weight is 447 g/mol. The lowest BCUT2D eigenvalue weighted by atomic mass is 9.97. The lowest BCUT2D eigenvalue weighted by molar-refractivity contribution is -0.141. The molecule has 1 aliphatic rings. The molecule has 0 spiro atoms. The fourth-order valence-corrected chi connectivity index (χ4v) is 4.78. The molecule has 0 saturated carbocycles. The van der Waals surface area contributed by atoms with Gasteiger partial charge >= 0.3 is 6.18 Å². The largest absolute Gasteiger partial charge is 0.435 e. The van der Waals surface area contributed by atoms with Gasteiger partial charge in [-0.2, -0.15) is 18.3 Å². The van der Waals surface area contributed by atoms with E-state index in [0.717, 1.165) is 43.3 Å². The molecule has 1 saturated heterocycles. The Balaban J connectivity index is 1.27. The third kappa shape index (κ3) is 5.62. The molecule has 0 radical (unpaired) electrons. The molecule has 2 aromatic heterocycles. The molecule has 1 fully saturated rings. The smallest absolute Gasteiger partial charge is 0.301 e. The average Bonchev–Trinajstić information content (AvgIpc) is 3.38. The molecule has 4 nitrogen and oxygen atoms in total. The van der Waals surface area contributed by atoms with Crippen molar-refractivity contribution in [2.75, 3.05) is 19.6 Å². The number of likely N-dealkylation sites (tertiary alicyclic amines) is 1. The first kappa shape index (κ1) is 21.8. The quantitative estimate of drug-likeness (QED) is 0.486. The summed E-state index contributed by atoms with van der Waals surface area (Å²) in [6, 6.07) is 11.3. The predicted molar refractivity (Wildman–Crippen MR) is 118 cm³/mol. The number of thiazole rings is 1. The molecule has 8 heteroatoms. The van der Waals surface area contributed by atoms with Gasteiger partial charge in [0.25, 0.3) is 0 Å². The van der Waals surface area contributed by atoms with Crippen LogP contribution in [0.3, 0.4) is 0 Å². The molecule has 3 heterocycles. The van der Waals surface area contributed by atoms with Crippen molar-refractivity contribution in [3.8, 4) is 0 Å². The van der Waals surface area contributed by atoms with Crippen LogP contribution in [0.4, 0.5) is 13.2 Å². The number of halogens is 3. The molecule has 164 valence electrons. The van der Waals surface area contributed by atoms with Gasteiger partial charge in [0.15, 0.2) is 5.69 Å². The van der Waals surface area contributed by atoms with Crippen molar-refractivity contribution >= 4 is 23.5 Å². The van der Waals surface area contributed by atoms with Crippen LogP contribution in [0.1, 0.15) is 46.4 Å². The first-order chi connectivity index (χ1) is 14.9. The number of piperidine rings is 1. The van der Waals surface area contributed by atoms with Gasteiger partial charge in [-0.1, -0.05) is 36.4 Å². The zero-order valence-electron chi connectivity index (χ0n) is 17.3. The van der Waals surface area contributed by atoms with Gasteiger partial charge in [0.2, 0.25) is 0 Å². The van der Waals surface area contributed by atoms with E-state index in [1.165, 1.54) is 9.69 Å². The number of aromatic nitrogens is 3. The maximum atomic E-state index is 12.8. The Hall–Kier alpha value is -2.45. The van der Waals surface area contributed by atoms with Crippen LogP contribution in [0.2, 0.25) is 0 Å². The second kappa shape index (κ2) is 9.36. The Bertz CT molecular complexity index is 1020. The van der Waals surface area contributed by atoms with Gasteiger partial charge in [-0.25, -0.2) is 4.98 Å². The van der Waals surface area contributed by atoms with Gasteiger partial charge in [0.1, 0.15) is 0 Å². The number of alkyl halides is 3. The van der Waals surface area contributed by atoms with E-state index in [1.54, 1.807) is 18.3 Å². The molecule has 0 atom stereocenters. The molecule has 0 N–H and O–H groups in total. The molecule has 0 bridgehead atoms. The molecular formula is C23H25F3N4S. The van der Waals surface area contributed by atoms with Crippen molar-refractivity contribution < 1.29 is 13.2 Å². The minimum Gasteiger partial charge on any atom is -0.301 e. The molecule has 1 aliphatic heterocycles. The minimum atomic E-state index is -4.39. The molecule has 4 rings (SSSR count). The fraction of sp³-hybridized carbons (Fsp3) is 0.391. The predicted octanol–water partition coefficient (Wildman–Crippen LogP) is 5.72. The van der Waals surface area contributed by atoms with Crippen LogP contribution in [0.15, 0.2) is 41.8 Å². The monoisotopic (exact) mass is 446 g/mol. The van der Waals surface area contributed by atoms with Gasteiger partial charge in [-0.3, -0.25) is 4.68 Å². The molecule has 0 amide bonds. The second-order valence-corrected chi connectivity index (χ2v) is 8.75. The minimum absolute atomic E-state index is 0.448. The topological polar surface area (TPSA) is 34.0 Å². The van der Waals surface area contributed by atoms with Gasteiger partial charge in [0.05, 0.1) is 17.2 Å². The van der Waals surface area contributed by atoms with Crippen LogP contribution in [0.5, 0.6) is 0 Å². The van der Waals surface area contributed by atoms with Crippen LogP contribution in [-0.2, 0) is 12.7 Å². The van der Waals surface area contributed by atoms with Gasteiger partial charge in [-0.05, 0) is 50.6 Å². The first-order valence-corrected chi connectivity index (χ1v) is 11.3. The standard InChI is InChI=1S/C23H25F3N4S/c1-17-15-21(23(24,25)26)28-30(17)14-13-29-11-9-19(10-12-29)22-27-20(16-31-22)8-7-18-5-3-2-4-6-18/h2-8,15-16,19H,9-14H2,1H3/b8-7+. The number of hydrogen-bond acceptors (Lipinski definition) is 4. The van der Waals surface area contributed by atoms with Crippen LogP contribution in [-0.4, -0.2) is 39.3 Å². The Morgan fingerprint density at radius 2 is 1.84 bits per heavy atom. The Morgan fingerprint density at radius 1 is 1.10 bits per heavy atom. The third-order valence-electron chi connectivity index (χ3n) is 5.62. The van der Waals surface area contributed by atoms with E-state index in [-0.39, 0.29) is 0 Å². The molecule has 3 aromatic rings. The lowest BCUT2D eigenvalue weighted by Crippen LogP contribution is -2.35. The lowest BCUT2D eigenvalue weighted by Gasteiger charge is -2.31. The van der Waals surface area contributed by atoms with Crippen molar-refractivity contribution in [2.45, 2.75) is 38.4 Å². The van der Waals surface area contributed by atoms with E-state index in [1.807, 2.05) is 24.3 Å². The molecule has 31 heavy (non-hydrogen) atoms. The van der Waals surface area contributed by atoms with E-state index >= 15 is 0 Å². The van der Waals surface area contributed by atoms with Gasteiger partial charge < -0.3 is 4.90 Å². The third-order valence-corrected chi connectivity index (χ3v) is 6.65. The molecular weight excluding hydrogens is 421 g/mol. The summed E-state index contributed by atoms with van der Waals surface area (Å²) in [5.74, 6) is 0.448. The van der Waals surface area contributed by atoms with Gasteiger partial charge in [0, 0.05) is 23.5 Å². The summed E-state index contributed by atoms with van der Waals surface area (Å²) in [5, 5.41) is 6.99. The zero-order chi connectivity index (χ0) is 21.8. The van der Waals surface area contributed by atoms with E-state index < -0.39 is 11.9 Å². The van der Waals surface area contributed by atoms with E-state index in [0.29, 0.717) is 24.7 Å². The Kier molecular flexibility index (Phi) is 6.57. The molecule has 0 aliphatic carbocycles. The normalized spacial score (nSPS) is 16.4. The molecule has 1 aromatic carbocycles. The zero-order valence-corrected chi connectivity index (χ0v) is 18.2. The van der Waals surface area contributed by atoms with Crippen molar-refractivity contribution in [3.05, 3.63) is 69.4 Å². The van der Waals surface area contributed by atoms with Crippen LogP contribution in [0, 0.1) is 6.92 Å². The fourth-order valence-electron chi connectivity index (χ4n) is 3.83. The van der Waals surface area contributed by atoms with E-state index in [4.69, 9.17) is 4.98 Å². The van der Waals surface area contributed by atoms with Gasteiger partial charge in [-0.15, -0.1) is 11.3 Å². The second-order valence-electron chi connectivity index (χ2n) is 7.86. The molecule has 0 unspecified atom stereocenters. The summed E-state index contributed by atoms with van der Waals surface area (Å²) in [5.41, 5.74) is 1.87. The number of nitrogens with zero attached hydrogens (tertiary/aromatic N) is 4. The van der Waals surface area contributed by atoms with E-state index in [2.05, 4.69) is 33.6 Å². The first-order valence-electron chi connectivity index (χ1n) is 10.4. The summed E-state index contributed by atoms with van der Waals surface area (Å²) in [7, 11) is 0. The Morgan fingerprint density at radius 3 is 2.52 bits per heavy atom. The summed E-state index contributed by atoms with van der Waals surface area (Å²) < 4.78 is 39.9. The van der Waals surface area contributed by atoms with Crippen molar-refractivity contribution in [1.29, 1.82) is 0 Å². The van der Waals surface area contributed by atoms with Crippen LogP contribution >= 0.6 is 11.3 Å². The van der Waals surface area contributed by atoms with Crippen molar-refractivity contribution in [1.82, 2.24) is 19.7 Å². The maximum Gasteiger partial charge on any atom is 0.435 e. The number of hydrogen-bond donors (Lipinski definition) is 0. The highest BCUT2D eigenvalue weighted by molar-refractivity contribution is 7.09. The van der Waals surface area contributed by atoms with Crippen molar-refractivity contribution in [3.63, 3.8) is 0 Å². The number of rotatable bonds is 6. The highest BCUT2D eigenvalue weighted by Crippen LogP contribution is 2.31. The van der Waals surface area contributed by atoms with Crippen molar-refractivity contribution in [2.24, 2.45) is 0 Å². The van der Waals surface area contributed by atoms with Crippen LogP contribution < -0.4 is 0 Å². The van der Waals surface area contributed by atoms with E-state index in [9.17, 15) is 13.2 Å².